The number of ether oxygens (including phenoxy) is 2. The number of primary amides is 1. The zero-order chi connectivity index (χ0) is 11.4. The first-order valence-corrected chi connectivity index (χ1v) is 5.12. The van der Waals surface area contributed by atoms with Crippen molar-refractivity contribution >= 4 is 5.91 Å². The van der Waals surface area contributed by atoms with Crippen molar-refractivity contribution in [2.24, 2.45) is 11.5 Å². The van der Waals surface area contributed by atoms with Gasteiger partial charge in [0.1, 0.15) is 0 Å². The molecule has 0 aliphatic carbocycles. The normalized spacial score (nSPS) is 10.5. The second-order valence-corrected chi connectivity index (χ2v) is 2.98. The van der Waals surface area contributed by atoms with Crippen LogP contribution in [0.1, 0.15) is 6.42 Å². The first kappa shape index (κ1) is 14.3. The Morgan fingerprint density at radius 1 is 1.07 bits per heavy atom. The molecular formula is C9H21N3O3. The van der Waals surface area contributed by atoms with E-state index in [1.807, 2.05) is 0 Å². The molecule has 0 unspecified atom stereocenters. The summed E-state index contributed by atoms with van der Waals surface area (Å²) in [6, 6.07) is 0. The number of nitrogens with two attached hydrogens (primary N) is 2. The van der Waals surface area contributed by atoms with Crippen LogP contribution < -0.4 is 16.8 Å². The molecule has 0 aromatic rings. The van der Waals surface area contributed by atoms with E-state index in [0.29, 0.717) is 33.0 Å². The minimum atomic E-state index is -0.345. The quantitative estimate of drug-likeness (QED) is 0.365. The van der Waals surface area contributed by atoms with E-state index in [1.165, 1.54) is 0 Å². The minimum Gasteiger partial charge on any atom is -0.379 e. The van der Waals surface area contributed by atoms with Gasteiger partial charge >= 0.3 is 0 Å². The van der Waals surface area contributed by atoms with E-state index in [2.05, 4.69) is 5.32 Å². The molecule has 6 heteroatoms. The molecule has 5 N–H and O–H groups in total. The average molecular weight is 219 g/mol. The Morgan fingerprint density at radius 3 is 2.33 bits per heavy atom. The summed E-state index contributed by atoms with van der Waals surface area (Å²) in [4.78, 5) is 10.3. The van der Waals surface area contributed by atoms with Gasteiger partial charge in [-0.3, -0.25) is 4.79 Å². The number of amides is 1. The standard InChI is InChI=1S/C9H21N3O3/c10-2-3-12-4-6-15-8-7-14-5-1-9(11)13/h12H,1-8,10H2,(H2,11,13). The number of carbonyl (C=O) groups is 1. The lowest BCUT2D eigenvalue weighted by molar-refractivity contribution is -0.119. The molecule has 0 saturated heterocycles. The van der Waals surface area contributed by atoms with E-state index in [9.17, 15) is 4.79 Å². The highest BCUT2D eigenvalue weighted by molar-refractivity contribution is 5.73. The summed E-state index contributed by atoms with van der Waals surface area (Å²) in [5.41, 5.74) is 10.2. The molecule has 0 fully saturated rings. The number of hydrogen-bond donors (Lipinski definition) is 3. The van der Waals surface area contributed by atoms with Gasteiger partial charge in [0.25, 0.3) is 0 Å². The summed E-state index contributed by atoms with van der Waals surface area (Å²) in [5.74, 6) is -0.345. The van der Waals surface area contributed by atoms with E-state index in [4.69, 9.17) is 20.9 Å². The highest BCUT2D eigenvalue weighted by Gasteiger charge is 1.94. The lowest BCUT2D eigenvalue weighted by Gasteiger charge is -2.05. The van der Waals surface area contributed by atoms with Gasteiger partial charge in [0.15, 0.2) is 0 Å². The van der Waals surface area contributed by atoms with Crippen LogP contribution in [0.3, 0.4) is 0 Å². The highest BCUT2D eigenvalue weighted by Crippen LogP contribution is 1.82. The molecule has 0 spiro atoms. The monoisotopic (exact) mass is 219 g/mol. The number of nitrogens with one attached hydrogen (secondary N) is 1. The Bertz CT molecular complexity index is 156. The lowest BCUT2D eigenvalue weighted by atomic mass is 10.4. The summed E-state index contributed by atoms with van der Waals surface area (Å²) >= 11 is 0. The summed E-state index contributed by atoms with van der Waals surface area (Å²) in [6.45, 7) is 4.25. The van der Waals surface area contributed by atoms with Gasteiger partial charge in [0.2, 0.25) is 5.91 Å². The Morgan fingerprint density at radius 2 is 1.73 bits per heavy atom. The molecule has 0 radical (unpaired) electrons. The molecule has 0 aromatic carbocycles. The maximum absolute atomic E-state index is 10.3. The van der Waals surface area contributed by atoms with Crippen LogP contribution in [0.5, 0.6) is 0 Å². The molecule has 6 nitrogen and oxygen atoms in total. The topological polar surface area (TPSA) is 99.6 Å². The second-order valence-electron chi connectivity index (χ2n) is 2.98. The predicted octanol–water partition coefficient (Wildman–Crippen LogP) is -1.56. The van der Waals surface area contributed by atoms with Crippen molar-refractivity contribution in [2.75, 3.05) is 46.1 Å². The van der Waals surface area contributed by atoms with Gasteiger partial charge in [-0.2, -0.15) is 0 Å². The van der Waals surface area contributed by atoms with E-state index in [0.717, 1.165) is 13.1 Å². The van der Waals surface area contributed by atoms with Crippen LogP contribution >= 0.6 is 0 Å². The predicted molar refractivity (Wildman–Crippen MR) is 57.4 cm³/mol. The van der Waals surface area contributed by atoms with Crippen molar-refractivity contribution in [3.05, 3.63) is 0 Å². The molecular weight excluding hydrogens is 198 g/mol. The summed E-state index contributed by atoms with van der Waals surface area (Å²) < 4.78 is 10.3. The van der Waals surface area contributed by atoms with Crippen LogP contribution in [0.25, 0.3) is 0 Å². The molecule has 0 atom stereocenters. The molecule has 1 amide bonds. The Labute approximate surface area is 90.3 Å². The van der Waals surface area contributed by atoms with Crippen molar-refractivity contribution < 1.29 is 14.3 Å². The largest absolute Gasteiger partial charge is 0.379 e. The SMILES string of the molecule is NCCNCCOCCOCCC(N)=O. The lowest BCUT2D eigenvalue weighted by Crippen LogP contribution is -2.26. The number of hydrogen-bond acceptors (Lipinski definition) is 5. The molecule has 0 saturated carbocycles. The van der Waals surface area contributed by atoms with Crippen LogP contribution in [0.15, 0.2) is 0 Å². The van der Waals surface area contributed by atoms with Crippen molar-refractivity contribution in [2.45, 2.75) is 6.42 Å². The van der Waals surface area contributed by atoms with Crippen LogP contribution in [-0.2, 0) is 14.3 Å². The summed E-state index contributed by atoms with van der Waals surface area (Å²) in [6.07, 6.45) is 0.262. The summed E-state index contributed by atoms with van der Waals surface area (Å²) in [5, 5.41) is 3.10. The van der Waals surface area contributed by atoms with Gasteiger partial charge in [-0.05, 0) is 0 Å². The van der Waals surface area contributed by atoms with Crippen molar-refractivity contribution in [1.29, 1.82) is 0 Å². The zero-order valence-corrected chi connectivity index (χ0v) is 9.04. The molecule has 0 heterocycles. The summed E-state index contributed by atoms with van der Waals surface area (Å²) in [7, 11) is 0. The highest BCUT2D eigenvalue weighted by atomic mass is 16.5. The van der Waals surface area contributed by atoms with Gasteiger partial charge in [0, 0.05) is 26.1 Å². The molecule has 0 aromatic heterocycles. The molecule has 0 aliphatic heterocycles. The maximum atomic E-state index is 10.3. The molecule has 0 rings (SSSR count). The Kier molecular flexibility index (Phi) is 10.9. The first-order valence-electron chi connectivity index (χ1n) is 5.12. The van der Waals surface area contributed by atoms with E-state index < -0.39 is 0 Å². The third kappa shape index (κ3) is 13.3. The van der Waals surface area contributed by atoms with Gasteiger partial charge in [0.05, 0.1) is 26.4 Å². The van der Waals surface area contributed by atoms with Crippen LogP contribution in [0.2, 0.25) is 0 Å². The van der Waals surface area contributed by atoms with E-state index >= 15 is 0 Å². The average Bonchev–Trinajstić information content (AvgIpc) is 2.20. The van der Waals surface area contributed by atoms with Gasteiger partial charge in [-0.1, -0.05) is 0 Å². The smallest absolute Gasteiger partial charge is 0.219 e. The number of rotatable bonds is 11. The molecule has 0 aliphatic rings. The van der Waals surface area contributed by atoms with Crippen molar-refractivity contribution in [1.82, 2.24) is 5.32 Å². The maximum Gasteiger partial charge on any atom is 0.219 e. The molecule has 15 heavy (non-hydrogen) atoms. The molecule has 90 valence electrons. The fourth-order valence-electron chi connectivity index (χ4n) is 0.866. The van der Waals surface area contributed by atoms with Crippen molar-refractivity contribution in [3.8, 4) is 0 Å². The fourth-order valence-corrected chi connectivity index (χ4v) is 0.866. The zero-order valence-electron chi connectivity index (χ0n) is 9.04. The third-order valence-electron chi connectivity index (χ3n) is 1.61. The van der Waals surface area contributed by atoms with Crippen LogP contribution in [0, 0.1) is 0 Å². The van der Waals surface area contributed by atoms with Crippen molar-refractivity contribution in [3.63, 3.8) is 0 Å². The minimum absolute atomic E-state index is 0.262. The van der Waals surface area contributed by atoms with Crippen LogP contribution in [0.4, 0.5) is 0 Å². The number of carbonyl (C=O) groups excluding carboxylic acids is 1. The first-order chi connectivity index (χ1) is 7.27. The van der Waals surface area contributed by atoms with Gasteiger partial charge in [-0.25, -0.2) is 0 Å². The third-order valence-corrected chi connectivity index (χ3v) is 1.61. The van der Waals surface area contributed by atoms with E-state index in [-0.39, 0.29) is 12.3 Å². The fraction of sp³-hybridized carbons (Fsp3) is 0.889. The van der Waals surface area contributed by atoms with Gasteiger partial charge < -0.3 is 26.3 Å². The second kappa shape index (κ2) is 11.4. The van der Waals surface area contributed by atoms with Crippen LogP contribution in [-0.4, -0.2) is 52.0 Å². The molecule has 0 bridgehead atoms. The van der Waals surface area contributed by atoms with E-state index in [1.54, 1.807) is 0 Å². The Balaban J connectivity index is 2.89. The van der Waals surface area contributed by atoms with Gasteiger partial charge in [-0.15, -0.1) is 0 Å². The Hall–Kier alpha value is -0.690.